The summed E-state index contributed by atoms with van der Waals surface area (Å²) in [7, 11) is 0. The summed E-state index contributed by atoms with van der Waals surface area (Å²) in [6.07, 6.45) is 0.593. The van der Waals surface area contributed by atoms with E-state index >= 15 is 0 Å². The Morgan fingerprint density at radius 2 is 1.03 bits per heavy atom. The summed E-state index contributed by atoms with van der Waals surface area (Å²) in [5.74, 6) is 0.659. The third-order valence-electron chi connectivity index (χ3n) is 5.95. The molecule has 6 rings (SSSR count). The number of carbonyl (C=O) groups is 2. The minimum atomic E-state index is -0.206. The summed E-state index contributed by atoms with van der Waals surface area (Å²) in [6, 6.07) is 26.8. The van der Waals surface area contributed by atoms with Gasteiger partial charge in [-0.1, -0.05) is 48.5 Å². The molecule has 35 heavy (non-hydrogen) atoms. The molecule has 4 aromatic rings. The van der Waals surface area contributed by atoms with Gasteiger partial charge in [-0.25, -0.2) is 0 Å². The minimum Gasteiger partial charge on any atom is -0.488 e. The van der Waals surface area contributed by atoms with Crippen LogP contribution in [0.3, 0.4) is 0 Å². The average Bonchev–Trinajstić information content (AvgIpc) is 2.90. The van der Waals surface area contributed by atoms with E-state index < -0.39 is 0 Å². The molecule has 2 aliphatic rings. The first-order valence-corrected chi connectivity index (χ1v) is 11.7. The molecule has 4 aromatic carbocycles. The van der Waals surface area contributed by atoms with Gasteiger partial charge in [-0.15, -0.1) is 0 Å². The zero-order valence-electron chi connectivity index (χ0n) is 19.3. The van der Waals surface area contributed by atoms with Crippen molar-refractivity contribution in [2.24, 2.45) is 0 Å². The normalized spacial score (nSPS) is 14.7. The molecule has 2 aliphatic heterocycles. The number of amides is 2. The number of benzene rings is 4. The lowest BCUT2D eigenvalue weighted by atomic mass is 10.0. The van der Waals surface area contributed by atoms with Crippen molar-refractivity contribution >= 4 is 22.6 Å². The topological polar surface area (TPSA) is 76.7 Å². The van der Waals surface area contributed by atoms with E-state index in [1.165, 1.54) is 0 Å². The van der Waals surface area contributed by atoms with Crippen LogP contribution in [0.2, 0.25) is 0 Å². The molecule has 4 bridgehead atoms. The highest BCUT2D eigenvalue weighted by Gasteiger charge is 2.14. The van der Waals surface area contributed by atoms with Crippen LogP contribution in [0.4, 0.5) is 0 Å². The zero-order valence-corrected chi connectivity index (χ0v) is 19.3. The monoisotopic (exact) mass is 466 g/mol. The van der Waals surface area contributed by atoms with E-state index in [1.807, 2.05) is 36.4 Å². The Morgan fingerprint density at radius 3 is 1.51 bits per heavy atom. The van der Waals surface area contributed by atoms with E-state index in [4.69, 9.17) is 9.47 Å². The molecule has 6 nitrogen and oxygen atoms in total. The number of fused-ring (bicyclic) bond motifs is 10. The van der Waals surface area contributed by atoms with E-state index in [2.05, 4.69) is 34.9 Å². The Labute approximate surface area is 203 Å². The number of ether oxygens (including phenoxy) is 2. The second-order valence-corrected chi connectivity index (χ2v) is 8.45. The van der Waals surface area contributed by atoms with Crippen LogP contribution in [-0.2, 0) is 13.2 Å². The average molecular weight is 467 g/mol. The third-order valence-corrected chi connectivity index (χ3v) is 5.95. The molecule has 0 aliphatic carbocycles. The van der Waals surface area contributed by atoms with Gasteiger partial charge in [0.05, 0.1) is 11.1 Å². The van der Waals surface area contributed by atoms with Crippen LogP contribution in [0.1, 0.15) is 38.3 Å². The largest absolute Gasteiger partial charge is 0.488 e. The fraction of sp³-hybridized carbons (Fsp3) is 0.172. The lowest BCUT2D eigenvalue weighted by molar-refractivity contribution is 0.0947. The third kappa shape index (κ3) is 5.27. The van der Waals surface area contributed by atoms with E-state index in [-0.39, 0.29) is 11.8 Å². The summed E-state index contributed by atoms with van der Waals surface area (Å²) in [5.41, 5.74) is 3.00. The van der Waals surface area contributed by atoms with Gasteiger partial charge in [-0.05, 0) is 64.7 Å². The lowest BCUT2D eigenvalue weighted by Gasteiger charge is -2.12. The molecule has 2 heterocycles. The van der Waals surface area contributed by atoms with E-state index in [0.29, 0.717) is 55.4 Å². The number of carbonyl (C=O) groups excluding carboxylic acids is 2. The fourth-order valence-electron chi connectivity index (χ4n) is 4.09. The van der Waals surface area contributed by atoms with E-state index in [0.717, 1.165) is 21.9 Å². The molecule has 0 atom stereocenters. The Morgan fingerprint density at radius 1 is 0.571 bits per heavy atom. The Bertz CT molecular complexity index is 1280. The standard InChI is InChI=1S/C29H26N2O4/c32-28-24-6-1-3-8-26(24)34-18-20-10-12-23-17-21(11-13-22(23)16-20)19-35-27-9-4-2-7-25(27)29(33)31-15-5-14-30-28/h1-4,6-13,16-17H,5,14-15,18-19H2,(H,30,32)(H,31,33). The summed E-state index contributed by atoms with van der Waals surface area (Å²) in [6.45, 7) is 1.56. The molecule has 0 saturated heterocycles. The SMILES string of the molecule is O=C1NCCCNC(=O)c2ccccc2OCc2ccc3cc(ccc3c2)COc2ccccc21. The quantitative estimate of drug-likeness (QED) is 0.388. The van der Waals surface area contributed by atoms with Gasteiger partial charge in [-0.3, -0.25) is 9.59 Å². The second-order valence-electron chi connectivity index (χ2n) is 8.45. The minimum absolute atomic E-state index is 0.206. The van der Waals surface area contributed by atoms with Crippen molar-refractivity contribution in [3.05, 3.63) is 107 Å². The molecule has 0 saturated carbocycles. The van der Waals surface area contributed by atoms with Gasteiger partial charge in [0, 0.05) is 13.1 Å². The van der Waals surface area contributed by atoms with Gasteiger partial charge in [0.15, 0.2) is 0 Å². The van der Waals surface area contributed by atoms with Gasteiger partial charge in [0.25, 0.3) is 11.8 Å². The predicted molar refractivity (Wildman–Crippen MR) is 135 cm³/mol. The number of rotatable bonds is 0. The van der Waals surface area contributed by atoms with Gasteiger partial charge < -0.3 is 20.1 Å². The van der Waals surface area contributed by atoms with Crippen LogP contribution in [-0.4, -0.2) is 24.9 Å². The molecule has 0 aromatic heterocycles. The van der Waals surface area contributed by atoms with Gasteiger partial charge >= 0.3 is 0 Å². The summed E-state index contributed by atoms with van der Waals surface area (Å²) in [4.78, 5) is 25.5. The highest BCUT2D eigenvalue weighted by molar-refractivity contribution is 5.97. The van der Waals surface area contributed by atoms with Crippen LogP contribution < -0.4 is 20.1 Å². The molecular formula is C29H26N2O4. The van der Waals surface area contributed by atoms with Crippen LogP contribution in [0.5, 0.6) is 11.5 Å². The van der Waals surface area contributed by atoms with Gasteiger partial charge in [0.1, 0.15) is 24.7 Å². The molecule has 2 N–H and O–H groups in total. The number of nitrogens with one attached hydrogen (secondary N) is 2. The van der Waals surface area contributed by atoms with Crippen molar-refractivity contribution in [1.82, 2.24) is 10.6 Å². The Kier molecular flexibility index (Phi) is 6.61. The summed E-state index contributed by atoms with van der Waals surface area (Å²) >= 11 is 0. The Hall–Kier alpha value is -4.32. The molecule has 0 fully saturated rings. The van der Waals surface area contributed by atoms with Crippen molar-refractivity contribution in [2.75, 3.05) is 13.1 Å². The number of hydrogen-bond donors (Lipinski definition) is 2. The van der Waals surface area contributed by atoms with E-state index in [9.17, 15) is 9.59 Å². The number of para-hydroxylation sites is 2. The first kappa shape index (κ1) is 22.5. The first-order chi connectivity index (χ1) is 17.2. The van der Waals surface area contributed by atoms with Crippen molar-refractivity contribution in [3.8, 4) is 11.5 Å². The molecule has 6 heteroatoms. The maximum absolute atomic E-state index is 12.8. The van der Waals surface area contributed by atoms with Crippen molar-refractivity contribution in [2.45, 2.75) is 19.6 Å². The molecular weight excluding hydrogens is 440 g/mol. The van der Waals surface area contributed by atoms with E-state index in [1.54, 1.807) is 24.3 Å². The van der Waals surface area contributed by atoms with Crippen molar-refractivity contribution < 1.29 is 19.1 Å². The Balaban J connectivity index is 1.45. The highest BCUT2D eigenvalue weighted by Crippen LogP contribution is 2.24. The molecule has 2 amide bonds. The number of hydrogen-bond acceptors (Lipinski definition) is 4. The van der Waals surface area contributed by atoms with Crippen molar-refractivity contribution in [3.63, 3.8) is 0 Å². The highest BCUT2D eigenvalue weighted by atomic mass is 16.5. The van der Waals surface area contributed by atoms with Crippen LogP contribution >= 0.6 is 0 Å². The maximum atomic E-state index is 12.8. The van der Waals surface area contributed by atoms with Crippen LogP contribution in [0.15, 0.2) is 84.9 Å². The molecule has 0 spiro atoms. The van der Waals surface area contributed by atoms with Crippen LogP contribution in [0.25, 0.3) is 10.8 Å². The van der Waals surface area contributed by atoms with Crippen LogP contribution in [0, 0.1) is 0 Å². The predicted octanol–water partition coefficient (Wildman–Crippen LogP) is 4.86. The molecule has 0 radical (unpaired) electrons. The van der Waals surface area contributed by atoms with Crippen molar-refractivity contribution in [1.29, 1.82) is 0 Å². The molecule has 0 unspecified atom stereocenters. The lowest BCUT2D eigenvalue weighted by Crippen LogP contribution is -2.30. The fourth-order valence-corrected chi connectivity index (χ4v) is 4.09. The summed E-state index contributed by atoms with van der Waals surface area (Å²) < 4.78 is 12.0. The smallest absolute Gasteiger partial charge is 0.255 e. The second kappa shape index (κ2) is 10.3. The maximum Gasteiger partial charge on any atom is 0.255 e. The zero-order chi connectivity index (χ0) is 24.0. The first-order valence-electron chi connectivity index (χ1n) is 11.7. The van der Waals surface area contributed by atoms with Gasteiger partial charge in [0.2, 0.25) is 0 Å². The molecule has 176 valence electrons. The van der Waals surface area contributed by atoms with Gasteiger partial charge in [-0.2, -0.15) is 0 Å². The summed E-state index contributed by atoms with van der Waals surface area (Å²) in [5, 5.41) is 8.00.